The molecule has 1 aromatic heterocycles. The average Bonchev–Trinajstić information content (AvgIpc) is 3.05. The molecule has 0 fully saturated rings. The molecule has 0 radical (unpaired) electrons. The Morgan fingerprint density at radius 3 is 2.15 bits per heavy atom. The predicted octanol–water partition coefficient (Wildman–Crippen LogP) is 3.61. The van der Waals surface area contributed by atoms with Crippen molar-refractivity contribution in [2.45, 2.75) is 20.4 Å². The number of esters is 1. The second kappa shape index (κ2) is 5.95. The molecular formula is C21H17NO4. The third-order valence-electron chi connectivity index (χ3n) is 4.73. The number of ether oxygens (including phenoxy) is 1. The molecule has 0 saturated heterocycles. The van der Waals surface area contributed by atoms with Crippen LogP contribution in [-0.2, 0) is 11.3 Å². The molecule has 1 heterocycles. The van der Waals surface area contributed by atoms with Crippen LogP contribution in [0.1, 0.15) is 56.2 Å². The highest BCUT2D eigenvalue weighted by atomic mass is 16.5. The summed E-state index contributed by atoms with van der Waals surface area (Å²) in [5.41, 5.74) is 1.28. The lowest BCUT2D eigenvalue weighted by Gasteiger charge is -2.16. The van der Waals surface area contributed by atoms with Gasteiger partial charge in [0.15, 0.2) is 11.6 Å². The SMILES string of the molecule is CCOC(=O)c1c2c(cn1CC)C(=O)c1cc3ccccc3cc1C2=O. The van der Waals surface area contributed by atoms with E-state index in [9.17, 15) is 14.4 Å². The zero-order chi connectivity index (χ0) is 18.4. The number of hydrogen-bond acceptors (Lipinski definition) is 4. The van der Waals surface area contributed by atoms with Gasteiger partial charge in [0.2, 0.25) is 0 Å². The summed E-state index contributed by atoms with van der Waals surface area (Å²) < 4.78 is 6.73. The Balaban J connectivity index is 1.98. The maximum absolute atomic E-state index is 13.2. The lowest BCUT2D eigenvalue weighted by atomic mass is 9.84. The molecule has 3 aromatic rings. The second-order valence-electron chi connectivity index (χ2n) is 6.18. The van der Waals surface area contributed by atoms with Gasteiger partial charge in [0.25, 0.3) is 0 Å². The Hall–Kier alpha value is -3.21. The molecule has 0 spiro atoms. The summed E-state index contributed by atoms with van der Waals surface area (Å²) in [5, 5.41) is 1.78. The van der Waals surface area contributed by atoms with E-state index in [1.165, 1.54) is 0 Å². The number of aromatic nitrogens is 1. The zero-order valence-corrected chi connectivity index (χ0v) is 14.5. The lowest BCUT2D eigenvalue weighted by molar-refractivity contribution is 0.0511. The monoisotopic (exact) mass is 347 g/mol. The van der Waals surface area contributed by atoms with Gasteiger partial charge in [-0.2, -0.15) is 0 Å². The topological polar surface area (TPSA) is 65.4 Å². The van der Waals surface area contributed by atoms with Gasteiger partial charge in [0, 0.05) is 23.9 Å². The summed E-state index contributed by atoms with van der Waals surface area (Å²) in [6, 6.07) is 11.1. The summed E-state index contributed by atoms with van der Waals surface area (Å²) in [6.07, 6.45) is 1.58. The van der Waals surface area contributed by atoms with Gasteiger partial charge >= 0.3 is 5.97 Å². The largest absolute Gasteiger partial charge is 0.461 e. The van der Waals surface area contributed by atoms with Gasteiger partial charge < -0.3 is 9.30 Å². The Labute approximate surface area is 150 Å². The smallest absolute Gasteiger partial charge is 0.355 e. The van der Waals surface area contributed by atoms with Gasteiger partial charge in [-0.1, -0.05) is 24.3 Å². The Morgan fingerprint density at radius 2 is 1.58 bits per heavy atom. The molecule has 5 nitrogen and oxygen atoms in total. The normalized spacial score (nSPS) is 12.8. The molecule has 0 aliphatic heterocycles. The first-order valence-electron chi connectivity index (χ1n) is 8.59. The van der Waals surface area contributed by atoms with E-state index in [2.05, 4.69) is 0 Å². The van der Waals surface area contributed by atoms with Crippen LogP contribution in [0.2, 0.25) is 0 Å². The number of hydrogen-bond donors (Lipinski definition) is 0. The number of carbonyl (C=O) groups is 3. The second-order valence-corrected chi connectivity index (χ2v) is 6.18. The molecule has 2 aromatic carbocycles. The Bertz CT molecular complexity index is 1090. The molecule has 1 aliphatic rings. The van der Waals surface area contributed by atoms with Crippen molar-refractivity contribution >= 4 is 28.3 Å². The van der Waals surface area contributed by atoms with Gasteiger partial charge in [-0.15, -0.1) is 0 Å². The fraction of sp³-hybridized carbons (Fsp3) is 0.190. The van der Waals surface area contributed by atoms with E-state index in [-0.39, 0.29) is 35.0 Å². The lowest BCUT2D eigenvalue weighted by Crippen LogP contribution is -2.22. The standard InChI is InChI=1S/C21H17NO4/c1-3-22-11-16-17(18(22)21(25)26-4-2)20(24)15-10-13-8-6-5-7-12(13)9-14(15)19(16)23/h5-11H,3-4H2,1-2H3. The van der Waals surface area contributed by atoms with E-state index >= 15 is 0 Å². The van der Waals surface area contributed by atoms with Crippen LogP contribution in [0.4, 0.5) is 0 Å². The highest BCUT2D eigenvalue weighted by Crippen LogP contribution is 2.33. The number of aryl methyl sites for hydroxylation is 1. The quantitative estimate of drug-likeness (QED) is 0.531. The van der Waals surface area contributed by atoms with E-state index < -0.39 is 5.97 Å². The van der Waals surface area contributed by atoms with E-state index in [0.29, 0.717) is 17.7 Å². The third kappa shape index (κ3) is 2.20. The molecule has 0 N–H and O–H groups in total. The molecule has 0 amide bonds. The number of carbonyl (C=O) groups excluding carboxylic acids is 3. The van der Waals surface area contributed by atoms with Gasteiger partial charge in [-0.25, -0.2) is 4.79 Å². The third-order valence-corrected chi connectivity index (χ3v) is 4.73. The van der Waals surface area contributed by atoms with Gasteiger partial charge in [-0.3, -0.25) is 9.59 Å². The van der Waals surface area contributed by atoms with E-state index in [4.69, 9.17) is 4.74 Å². The van der Waals surface area contributed by atoms with Crippen LogP contribution in [0, 0.1) is 0 Å². The van der Waals surface area contributed by atoms with Crippen molar-refractivity contribution in [1.82, 2.24) is 4.57 Å². The fourth-order valence-corrected chi connectivity index (χ4v) is 3.52. The van der Waals surface area contributed by atoms with Crippen LogP contribution in [0.3, 0.4) is 0 Å². The van der Waals surface area contributed by atoms with Gasteiger partial charge in [-0.05, 0) is 36.8 Å². The highest BCUT2D eigenvalue weighted by molar-refractivity contribution is 6.31. The molecule has 130 valence electrons. The van der Waals surface area contributed by atoms with E-state index in [1.54, 1.807) is 29.8 Å². The number of rotatable bonds is 3. The maximum atomic E-state index is 13.2. The summed E-state index contributed by atoms with van der Waals surface area (Å²) in [5.74, 6) is -1.13. The van der Waals surface area contributed by atoms with Crippen molar-refractivity contribution in [3.8, 4) is 0 Å². The minimum Gasteiger partial charge on any atom is -0.461 e. The van der Waals surface area contributed by atoms with Crippen molar-refractivity contribution < 1.29 is 19.1 Å². The van der Waals surface area contributed by atoms with E-state index in [0.717, 1.165) is 10.8 Å². The van der Waals surface area contributed by atoms with Crippen molar-refractivity contribution in [2.24, 2.45) is 0 Å². The Kier molecular flexibility index (Phi) is 3.72. The molecular weight excluding hydrogens is 330 g/mol. The molecule has 0 saturated carbocycles. The van der Waals surface area contributed by atoms with Gasteiger partial charge in [0.05, 0.1) is 17.7 Å². The van der Waals surface area contributed by atoms with Gasteiger partial charge in [0.1, 0.15) is 5.69 Å². The summed E-state index contributed by atoms with van der Waals surface area (Å²) >= 11 is 0. The number of ketones is 2. The van der Waals surface area contributed by atoms with Crippen LogP contribution in [-0.4, -0.2) is 28.7 Å². The first kappa shape index (κ1) is 16.3. The Morgan fingerprint density at radius 1 is 0.962 bits per heavy atom. The molecule has 4 rings (SSSR count). The fourth-order valence-electron chi connectivity index (χ4n) is 3.52. The number of nitrogens with zero attached hydrogens (tertiary/aromatic N) is 1. The van der Waals surface area contributed by atoms with Crippen molar-refractivity contribution in [2.75, 3.05) is 6.61 Å². The molecule has 26 heavy (non-hydrogen) atoms. The van der Waals surface area contributed by atoms with E-state index in [1.807, 2.05) is 31.2 Å². The van der Waals surface area contributed by atoms with Crippen LogP contribution >= 0.6 is 0 Å². The van der Waals surface area contributed by atoms with Crippen LogP contribution in [0.25, 0.3) is 10.8 Å². The average molecular weight is 347 g/mol. The number of fused-ring (bicyclic) bond motifs is 3. The molecule has 0 bridgehead atoms. The highest BCUT2D eigenvalue weighted by Gasteiger charge is 2.37. The van der Waals surface area contributed by atoms with Crippen molar-refractivity contribution in [3.05, 3.63) is 70.5 Å². The summed E-state index contributed by atoms with van der Waals surface area (Å²) in [6.45, 7) is 4.22. The predicted molar refractivity (Wildman–Crippen MR) is 96.9 cm³/mol. The van der Waals surface area contributed by atoms with Crippen molar-refractivity contribution in [3.63, 3.8) is 0 Å². The zero-order valence-electron chi connectivity index (χ0n) is 14.5. The molecule has 5 heteroatoms. The minimum absolute atomic E-state index is 0.151. The van der Waals surface area contributed by atoms with Crippen LogP contribution < -0.4 is 0 Å². The molecule has 0 atom stereocenters. The maximum Gasteiger partial charge on any atom is 0.355 e. The first-order valence-corrected chi connectivity index (χ1v) is 8.59. The van der Waals surface area contributed by atoms with Crippen LogP contribution in [0.15, 0.2) is 42.6 Å². The molecule has 0 unspecified atom stereocenters. The minimum atomic E-state index is -0.582. The molecule has 1 aliphatic carbocycles. The summed E-state index contributed by atoms with van der Waals surface area (Å²) in [7, 11) is 0. The number of benzene rings is 2. The summed E-state index contributed by atoms with van der Waals surface area (Å²) in [4.78, 5) is 38.7. The first-order chi connectivity index (χ1) is 12.6. The van der Waals surface area contributed by atoms with Crippen molar-refractivity contribution in [1.29, 1.82) is 0 Å². The van der Waals surface area contributed by atoms with Crippen LogP contribution in [0.5, 0.6) is 0 Å².